The van der Waals surface area contributed by atoms with Crippen LogP contribution in [-0.2, 0) is 19.9 Å². The zero-order chi connectivity index (χ0) is 15.1. The van der Waals surface area contributed by atoms with Gasteiger partial charge in [0.25, 0.3) is 0 Å². The molecular formula is C18H27N3. The molecular weight excluding hydrogens is 258 g/mol. The van der Waals surface area contributed by atoms with Gasteiger partial charge < -0.3 is 5.32 Å². The van der Waals surface area contributed by atoms with E-state index < -0.39 is 0 Å². The van der Waals surface area contributed by atoms with Crippen LogP contribution in [-0.4, -0.2) is 16.3 Å². The van der Waals surface area contributed by atoms with Gasteiger partial charge in [-0.25, -0.2) is 0 Å². The second kappa shape index (κ2) is 7.99. The smallest absolute Gasteiger partial charge is 0.0625 e. The third-order valence-electron chi connectivity index (χ3n) is 3.89. The van der Waals surface area contributed by atoms with Crippen molar-refractivity contribution in [3.05, 3.63) is 53.3 Å². The van der Waals surface area contributed by atoms with Gasteiger partial charge in [-0.05, 0) is 43.9 Å². The van der Waals surface area contributed by atoms with Crippen molar-refractivity contribution in [3.8, 4) is 0 Å². The van der Waals surface area contributed by atoms with Crippen molar-refractivity contribution in [1.82, 2.24) is 15.1 Å². The molecule has 0 aliphatic heterocycles. The second-order valence-corrected chi connectivity index (χ2v) is 5.57. The summed E-state index contributed by atoms with van der Waals surface area (Å²) in [5.74, 6) is 0. The van der Waals surface area contributed by atoms with Gasteiger partial charge in [0.05, 0.1) is 11.4 Å². The number of nitrogens with one attached hydrogen (secondary N) is 1. The van der Waals surface area contributed by atoms with E-state index in [1.165, 1.54) is 17.0 Å². The van der Waals surface area contributed by atoms with Gasteiger partial charge in [-0.2, -0.15) is 5.10 Å². The number of nitrogens with zero attached hydrogens (tertiary/aromatic N) is 2. The Morgan fingerprint density at radius 3 is 2.57 bits per heavy atom. The number of rotatable bonds is 8. The van der Waals surface area contributed by atoms with Crippen LogP contribution in [0.3, 0.4) is 0 Å². The average Bonchev–Trinajstić information content (AvgIpc) is 2.89. The quantitative estimate of drug-likeness (QED) is 0.802. The van der Waals surface area contributed by atoms with Crippen LogP contribution >= 0.6 is 0 Å². The molecule has 0 aliphatic carbocycles. The monoisotopic (exact) mass is 285 g/mol. The molecule has 1 unspecified atom stereocenters. The van der Waals surface area contributed by atoms with Crippen molar-refractivity contribution in [2.24, 2.45) is 7.05 Å². The molecule has 3 heteroatoms. The third-order valence-corrected chi connectivity index (χ3v) is 3.89. The van der Waals surface area contributed by atoms with E-state index in [9.17, 15) is 0 Å². The molecule has 0 aliphatic rings. The van der Waals surface area contributed by atoms with Crippen LogP contribution in [0.25, 0.3) is 0 Å². The zero-order valence-electron chi connectivity index (χ0n) is 13.5. The first kappa shape index (κ1) is 15.8. The Morgan fingerprint density at radius 2 is 1.95 bits per heavy atom. The van der Waals surface area contributed by atoms with E-state index in [0.717, 1.165) is 32.2 Å². The molecule has 0 bridgehead atoms. The topological polar surface area (TPSA) is 29.9 Å². The summed E-state index contributed by atoms with van der Waals surface area (Å²) in [4.78, 5) is 0. The minimum atomic E-state index is 0.378. The van der Waals surface area contributed by atoms with Gasteiger partial charge in [-0.3, -0.25) is 4.68 Å². The fraction of sp³-hybridized carbons (Fsp3) is 0.500. The Bertz CT molecular complexity index is 531. The summed E-state index contributed by atoms with van der Waals surface area (Å²) < 4.78 is 2.04. The van der Waals surface area contributed by atoms with Crippen molar-refractivity contribution in [3.63, 3.8) is 0 Å². The lowest BCUT2D eigenvalue weighted by Gasteiger charge is -2.19. The van der Waals surface area contributed by atoms with Crippen molar-refractivity contribution < 1.29 is 0 Å². The first-order chi connectivity index (χ1) is 10.2. The molecule has 1 heterocycles. The maximum absolute atomic E-state index is 4.59. The van der Waals surface area contributed by atoms with E-state index in [-0.39, 0.29) is 0 Å². The highest BCUT2D eigenvalue weighted by atomic mass is 15.3. The summed E-state index contributed by atoms with van der Waals surface area (Å²) in [6.45, 7) is 5.42. The minimum Gasteiger partial charge on any atom is -0.309 e. The lowest BCUT2D eigenvalue weighted by molar-refractivity contribution is 0.468. The van der Waals surface area contributed by atoms with Gasteiger partial charge in [-0.1, -0.05) is 44.2 Å². The zero-order valence-corrected chi connectivity index (χ0v) is 13.5. The standard InChI is InChI=1S/C18H27N3/c1-4-13-19-17(12-11-15-9-7-6-8-10-15)18-14-16(5-2)20-21(18)3/h6-10,14,17,19H,4-5,11-13H2,1-3H3. The molecule has 1 aromatic carbocycles. The average molecular weight is 285 g/mol. The molecule has 2 aromatic rings. The van der Waals surface area contributed by atoms with Crippen LogP contribution in [0.2, 0.25) is 0 Å². The number of aryl methyl sites for hydroxylation is 3. The summed E-state index contributed by atoms with van der Waals surface area (Å²) in [5, 5.41) is 8.26. The summed E-state index contributed by atoms with van der Waals surface area (Å²) in [5.41, 5.74) is 3.88. The predicted molar refractivity (Wildman–Crippen MR) is 88.4 cm³/mol. The van der Waals surface area contributed by atoms with E-state index >= 15 is 0 Å². The SMILES string of the molecule is CCCNC(CCc1ccccc1)c1cc(CC)nn1C. The van der Waals surface area contributed by atoms with Gasteiger partial charge in [0.2, 0.25) is 0 Å². The van der Waals surface area contributed by atoms with E-state index in [0.29, 0.717) is 6.04 Å². The fourth-order valence-corrected chi connectivity index (χ4v) is 2.67. The molecule has 114 valence electrons. The third kappa shape index (κ3) is 4.43. The largest absolute Gasteiger partial charge is 0.309 e. The van der Waals surface area contributed by atoms with Crippen LogP contribution in [0.4, 0.5) is 0 Å². The Balaban J connectivity index is 2.08. The molecule has 0 spiro atoms. The highest BCUT2D eigenvalue weighted by Crippen LogP contribution is 2.20. The van der Waals surface area contributed by atoms with E-state index in [4.69, 9.17) is 0 Å². The van der Waals surface area contributed by atoms with Gasteiger partial charge in [0.1, 0.15) is 0 Å². The molecule has 1 N–H and O–H groups in total. The fourth-order valence-electron chi connectivity index (χ4n) is 2.67. The highest BCUT2D eigenvalue weighted by molar-refractivity contribution is 5.17. The van der Waals surface area contributed by atoms with Crippen molar-refractivity contribution >= 4 is 0 Å². The Hall–Kier alpha value is -1.61. The molecule has 2 rings (SSSR count). The number of hydrogen-bond acceptors (Lipinski definition) is 2. The minimum absolute atomic E-state index is 0.378. The van der Waals surface area contributed by atoms with Crippen LogP contribution in [0, 0.1) is 0 Å². The molecule has 0 radical (unpaired) electrons. The van der Waals surface area contributed by atoms with Crippen LogP contribution in [0.5, 0.6) is 0 Å². The predicted octanol–water partition coefficient (Wildman–Crippen LogP) is 3.66. The molecule has 0 amide bonds. The first-order valence-electron chi connectivity index (χ1n) is 8.04. The van der Waals surface area contributed by atoms with Crippen molar-refractivity contribution in [1.29, 1.82) is 0 Å². The number of aromatic nitrogens is 2. The van der Waals surface area contributed by atoms with Crippen LogP contribution < -0.4 is 5.32 Å². The molecule has 1 aromatic heterocycles. The lowest BCUT2D eigenvalue weighted by atomic mass is 10.0. The van der Waals surface area contributed by atoms with E-state index in [1.54, 1.807) is 0 Å². The molecule has 0 fully saturated rings. The first-order valence-corrected chi connectivity index (χ1v) is 8.04. The van der Waals surface area contributed by atoms with E-state index in [2.05, 4.69) is 67.7 Å². The van der Waals surface area contributed by atoms with Gasteiger partial charge in [0, 0.05) is 13.1 Å². The lowest BCUT2D eigenvalue weighted by Crippen LogP contribution is -2.24. The molecule has 3 nitrogen and oxygen atoms in total. The summed E-state index contributed by atoms with van der Waals surface area (Å²) in [6, 6.07) is 13.3. The molecule has 1 atom stereocenters. The normalized spacial score (nSPS) is 12.5. The van der Waals surface area contributed by atoms with Gasteiger partial charge in [-0.15, -0.1) is 0 Å². The van der Waals surface area contributed by atoms with Crippen molar-refractivity contribution in [2.75, 3.05) is 6.54 Å². The van der Waals surface area contributed by atoms with Crippen LogP contribution in [0.15, 0.2) is 36.4 Å². The maximum Gasteiger partial charge on any atom is 0.0625 e. The molecule has 0 saturated heterocycles. The maximum atomic E-state index is 4.59. The number of hydrogen-bond donors (Lipinski definition) is 1. The van der Waals surface area contributed by atoms with Gasteiger partial charge in [0.15, 0.2) is 0 Å². The van der Waals surface area contributed by atoms with Crippen LogP contribution in [0.1, 0.15) is 49.7 Å². The van der Waals surface area contributed by atoms with Crippen molar-refractivity contribution in [2.45, 2.75) is 45.6 Å². The Labute approximate surface area is 128 Å². The van der Waals surface area contributed by atoms with Gasteiger partial charge >= 0.3 is 0 Å². The molecule has 21 heavy (non-hydrogen) atoms. The Kier molecular flexibility index (Phi) is 6.00. The number of benzene rings is 1. The summed E-state index contributed by atoms with van der Waals surface area (Å²) in [7, 11) is 2.05. The Morgan fingerprint density at radius 1 is 1.19 bits per heavy atom. The highest BCUT2D eigenvalue weighted by Gasteiger charge is 2.16. The summed E-state index contributed by atoms with van der Waals surface area (Å²) >= 11 is 0. The summed E-state index contributed by atoms with van der Waals surface area (Å²) in [6.07, 6.45) is 4.34. The second-order valence-electron chi connectivity index (χ2n) is 5.57. The van der Waals surface area contributed by atoms with E-state index in [1.807, 2.05) is 4.68 Å². The molecule has 0 saturated carbocycles.